The van der Waals surface area contributed by atoms with Crippen molar-refractivity contribution in [1.82, 2.24) is 0 Å². The Balaban J connectivity index is 1.83. The number of aromatic carboxylic acids is 1. The van der Waals surface area contributed by atoms with E-state index in [1.165, 1.54) is 13.2 Å². The van der Waals surface area contributed by atoms with Crippen LogP contribution in [0.2, 0.25) is 5.02 Å². The fourth-order valence-electron chi connectivity index (χ4n) is 3.04. The van der Waals surface area contributed by atoms with Crippen LogP contribution in [0.1, 0.15) is 28.4 Å². The number of halogens is 1. The van der Waals surface area contributed by atoms with Gasteiger partial charge in [-0.15, -0.1) is 0 Å². The Morgan fingerprint density at radius 2 is 1.81 bits per heavy atom. The quantitative estimate of drug-likeness (QED) is 0.424. The zero-order valence-electron chi connectivity index (χ0n) is 17.4. The predicted molar refractivity (Wildman–Crippen MR) is 121 cm³/mol. The van der Waals surface area contributed by atoms with Crippen molar-refractivity contribution in [3.63, 3.8) is 0 Å². The summed E-state index contributed by atoms with van der Waals surface area (Å²) in [6.07, 6.45) is 0. The number of hydrogen-bond acceptors (Lipinski definition) is 5. The number of carboxylic acids is 1. The van der Waals surface area contributed by atoms with Crippen molar-refractivity contribution < 1.29 is 24.1 Å². The van der Waals surface area contributed by atoms with Crippen molar-refractivity contribution in [3.8, 4) is 17.2 Å². The van der Waals surface area contributed by atoms with Crippen LogP contribution in [-0.4, -0.2) is 24.8 Å². The Hall–Kier alpha value is -3.38. The number of hydrogen-bond donors (Lipinski definition) is 2. The monoisotopic (exact) mass is 441 g/mol. The van der Waals surface area contributed by atoms with E-state index in [0.29, 0.717) is 47.7 Å². The summed E-state index contributed by atoms with van der Waals surface area (Å²) in [6.45, 7) is 3.15. The number of anilines is 1. The van der Waals surface area contributed by atoms with Crippen molar-refractivity contribution >= 4 is 23.3 Å². The van der Waals surface area contributed by atoms with Crippen LogP contribution in [0.4, 0.5) is 5.69 Å². The van der Waals surface area contributed by atoms with Crippen LogP contribution >= 0.6 is 11.6 Å². The molecule has 0 fully saturated rings. The van der Waals surface area contributed by atoms with Crippen LogP contribution in [0, 0.1) is 0 Å². The lowest BCUT2D eigenvalue weighted by Gasteiger charge is -2.18. The largest absolute Gasteiger partial charge is 0.495 e. The second-order valence-electron chi connectivity index (χ2n) is 6.67. The van der Waals surface area contributed by atoms with E-state index < -0.39 is 5.97 Å². The van der Waals surface area contributed by atoms with Crippen LogP contribution in [0.15, 0.2) is 60.7 Å². The van der Waals surface area contributed by atoms with Crippen LogP contribution in [0.3, 0.4) is 0 Å². The summed E-state index contributed by atoms with van der Waals surface area (Å²) in [4.78, 5) is 11.3. The molecule has 0 amide bonds. The highest BCUT2D eigenvalue weighted by atomic mass is 35.5. The lowest BCUT2D eigenvalue weighted by molar-refractivity contribution is 0.0697. The first kappa shape index (κ1) is 22.3. The van der Waals surface area contributed by atoms with Gasteiger partial charge in [0.2, 0.25) is 0 Å². The first-order valence-corrected chi connectivity index (χ1v) is 10.2. The molecule has 6 nitrogen and oxygen atoms in total. The predicted octanol–water partition coefficient (Wildman–Crippen LogP) is 5.64. The molecule has 0 heterocycles. The molecule has 0 unspecified atom stereocenters. The molecule has 31 heavy (non-hydrogen) atoms. The van der Waals surface area contributed by atoms with E-state index in [1.807, 2.05) is 49.4 Å². The number of methoxy groups -OCH3 is 1. The van der Waals surface area contributed by atoms with Gasteiger partial charge in [-0.3, -0.25) is 0 Å². The fourth-order valence-corrected chi connectivity index (χ4v) is 3.17. The summed E-state index contributed by atoms with van der Waals surface area (Å²) in [5.74, 6) is 0.813. The van der Waals surface area contributed by atoms with E-state index in [9.17, 15) is 9.90 Å². The van der Waals surface area contributed by atoms with Crippen LogP contribution < -0.4 is 19.5 Å². The number of benzene rings is 3. The van der Waals surface area contributed by atoms with Crippen molar-refractivity contribution in [2.75, 3.05) is 19.0 Å². The minimum Gasteiger partial charge on any atom is -0.495 e. The Labute approximate surface area is 186 Å². The molecule has 3 rings (SSSR count). The van der Waals surface area contributed by atoms with Gasteiger partial charge in [0.25, 0.3) is 0 Å². The van der Waals surface area contributed by atoms with E-state index in [2.05, 4.69) is 5.32 Å². The average Bonchev–Trinajstić information content (AvgIpc) is 2.78. The highest BCUT2D eigenvalue weighted by molar-refractivity contribution is 6.30. The number of para-hydroxylation sites is 1. The number of carbonyl (C=O) groups is 1. The summed E-state index contributed by atoms with van der Waals surface area (Å²) < 4.78 is 17.2. The lowest BCUT2D eigenvalue weighted by Crippen LogP contribution is -2.07. The van der Waals surface area contributed by atoms with Crippen molar-refractivity contribution in [2.24, 2.45) is 0 Å². The Morgan fingerprint density at radius 3 is 2.48 bits per heavy atom. The van der Waals surface area contributed by atoms with E-state index in [4.69, 9.17) is 25.8 Å². The second kappa shape index (κ2) is 10.6. The molecule has 3 aromatic rings. The maximum atomic E-state index is 11.3. The van der Waals surface area contributed by atoms with E-state index in [0.717, 1.165) is 11.1 Å². The van der Waals surface area contributed by atoms with Gasteiger partial charge in [-0.1, -0.05) is 35.9 Å². The summed E-state index contributed by atoms with van der Waals surface area (Å²) >= 11 is 5.96. The molecular formula is C24H24ClNO5. The molecule has 0 aromatic heterocycles. The normalized spacial score (nSPS) is 10.4. The molecule has 0 aliphatic carbocycles. The first-order chi connectivity index (χ1) is 15.0. The van der Waals surface area contributed by atoms with E-state index in [1.54, 1.807) is 12.1 Å². The molecule has 7 heteroatoms. The van der Waals surface area contributed by atoms with Gasteiger partial charge >= 0.3 is 5.97 Å². The van der Waals surface area contributed by atoms with Gasteiger partial charge in [0.05, 0.1) is 25.0 Å². The molecule has 0 radical (unpaired) electrons. The lowest BCUT2D eigenvalue weighted by atomic mass is 10.1. The fraction of sp³-hybridized carbons (Fsp3) is 0.208. The molecule has 0 saturated carbocycles. The number of nitrogens with one attached hydrogen (secondary N) is 1. The summed E-state index contributed by atoms with van der Waals surface area (Å²) in [6, 6.07) is 17.8. The summed E-state index contributed by atoms with van der Waals surface area (Å²) in [5, 5.41) is 13.2. The Kier molecular flexibility index (Phi) is 7.62. The van der Waals surface area contributed by atoms with Gasteiger partial charge in [-0.05, 0) is 48.9 Å². The SMILES string of the molecule is CCOc1cccc(CNc2cc(C(=O)O)ccc2OC)c1OCc1ccc(Cl)cc1. The minimum absolute atomic E-state index is 0.172. The van der Waals surface area contributed by atoms with Gasteiger partial charge in [0.1, 0.15) is 12.4 Å². The molecule has 2 N–H and O–H groups in total. The van der Waals surface area contributed by atoms with Crippen LogP contribution in [0.25, 0.3) is 0 Å². The van der Waals surface area contributed by atoms with Crippen molar-refractivity contribution in [2.45, 2.75) is 20.1 Å². The second-order valence-corrected chi connectivity index (χ2v) is 7.10. The third-order valence-electron chi connectivity index (χ3n) is 4.57. The van der Waals surface area contributed by atoms with Gasteiger partial charge in [-0.25, -0.2) is 4.79 Å². The van der Waals surface area contributed by atoms with Gasteiger partial charge in [-0.2, -0.15) is 0 Å². The first-order valence-electron chi connectivity index (χ1n) is 9.79. The molecular weight excluding hydrogens is 418 g/mol. The smallest absolute Gasteiger partial charge is 0.335 e. The maximum absolute atomic E-state index is 11.3. The molecule has 0 atom stereocenters. The number of rotatable bonds is 10. The van der Waals surface area contributed by atoms with Gasteiger partial charge < -0.3 is 24.6 Å². The van der Waals surface area contributed by atoms with Gasteiger partial charge in [0.15, 0.2) is 11.5 Å². The number of ether oxygens (including phenoxy) is 3. The van der Waals surface area contributed by atoms with Crippen molar-refractivity contribution in [1.29, 1.82) is 0 Å². The standard InChI is InChI=1S/C24H24ClNO5/c1-3-30-22-6-4-5-18(23(22)31-15-16-7-10-19(25)11-8-16)14-26-20-13-17(24(27)28)9-12-21(20)29-2/h4-13,26H,3,14-15H2,1-2H3,(H,27,28). The minimum atomic E-state index is -1.00. The maximum Gasteiger partial charge on any atom is 0.335 e. The summed E-state index contributed by atoms with van der Waals surface area (Å²) in [7, 11) is 1.54. The molecule has 0 saturated heterocycles. The topological polar surface area (TPSA) is 77.0 Å². The van der Waals surface area contributed by atoms with Gasteiger partial charge in [0, 0.05) is 17.1 Å². The van der Waals surface area contributed by atoms with E-state index >= 15 is 0 Å². The highest BCUT2D eigenvalue weighted by Crippen LogP contribution is 2.34. The molecule has 0 spiro atoms. The third kappa shape index (κ3) is 5.83. The summed E-state index contributed by atoms with van der Waals surface area (Å²) in [5.41, 5.74) is 2.59. The third-order valence-corrected chi connectivity index (χ3v) is 4.82. The van der Waals surface area contributed by atoms with Crippen LogP contribution in [-0.2, 0) is 13.2 Å². The Bertz CT molecular complexity index is 1040. The molecule has 0 aliphatic rings. The Morgan fingerprint density at radius 1 is 1.03 bits per heavy atom. The van der Waals surface area contributed by atoms with Crippen LogP contribution in [0.5, 0.6) is 17.2 Å². The molecule has 0 bridgehead atoms. The highest BCUT2D eigenvalue weighted by Gasteiger charge is 2.14. The van der Waals surface area contributed by atoms with E-state index in [-0.39, 0.29) is 5.56 Å². The average molecular weight is 442 g/mol. The molecule has 162 valence electrons. The van der Waals surface area contributed by atoms with Crippen molar-refractivity contribution in [3.05, 3.63) is 82.4 Å². The zero-order chi connectivity index (χ0) is 22.2. The molecule has 3 aromatic carbocycles. The molecule has 0 aliphatic heterocycles. The number of carboxylic acid groups (broad SMARTS) is 1. The zero-order valence-corrected chi connectivity index (χ0v) is 18.1.